The maximum Gasteiger partial charge on any atom is 0.341 e. The summed E-state index contributed by atoms with van der Waals surface area (Å²) in [5, 5.41) is 4.69. The van der Waals surface area contributed by atoms with E-state index < -0.39 is 33.8 Å². The largest absolute Gasteiger partial charge is 0.465 e. The zero-order chi connectivity index (χ0) is 25.0. The molecule has 0 saturated heterocycles. The summed E-state index contributed by atoms with van der Waals surface area (Å²) in [4.78, 5) is 25.5. The molecule has 34 heavy (non-hydrogen) atoms. The zero-order valence-electron chi connectivity index (χ0n) is 19.1. The second-order valence-corrected chi connectivity index (χ2v) is 10.3. The fraction of sp³-hybridized carbons (Fsp3) is 0.250. The molecule has 1 heterocycles. The predicted octanol–water partition coefficient (Wildman–Crippen LogP) is 4.65. The van der Waals surface area contributed by atoms with Gasteiger partial charge in [0.1, 0.15) is 22.4 Å². The summed E-state index contributed by atoms with van der Waals surface area (Å²) in [6.45, 7) is 5.51. The Kier molecular flexibility index (Phi) is 7.86. The van der Waals surface area contributed by atoms with E-state index in [1.165, 1.54) is 7.11 Å². The molecular formula is C24H25FN2O5S2. The first-order chi connectivity index (χ1) is 16.1. The highest BCUT2D eigenvalue weighted by Crippen LogP contribution is 2.38. The van der Waals surface area contributed by atoms with Crippen LogP contribution in [0.15, 0.2) is 52.7 Å². The van der Waals surface area contributed by atoms with Crippen LogP contribution in [0.25, 0.3) is 11.1 Å². The zero-order valence-corrected chi connectivity index (χ0v) is 20.8. The molecule has 1 amide bonds. The van der Waals surface area contributed by atoms with E-state index in [0.717, 1.165) is 52.3 Å². The number of benzene rings is 2. The average molecular weight is 505 g/mol. The van der Waals surface area contributed by atoms with Gasteiger partial charge in [-0.2, -0.15) is 4.72 Å². The van der Waals surface area contributed by atoms with E-state index in [0.29, 0.717) is 5.56 Å². The Morgan fingerprint density at radius 2 is 1.76 bits per heavy atom. The van der Waals surface area contributed by atoms with Gasteiger partial charge in [0.25, 0.3) is 0 Å². The van der Waals surface area contributed by atoms with Gasteiger partial charge in [-0.1, -0.05) is 30.7 Å². The van der Waals surface area contributed by atoms with E-state index in [1.54, 1.807) is 12.3 Å². The molecule has 0 spiro atoms. The molecule has 0 radical (unpaired) electrons. The maximum atomic E-state index is 13.2. The highest BCUT2D eigenvalue weighted by molar-refractivity contribution is 7.89. The molecule has 0 aliphatic rings. The Morgan fingerprint density at radius 1 is 1.09 bits per heavy atom. The van der Waals surface area contributed by atoms with Crippen molar-refractivity contribution in [1.29, 1.82) is 0 Å². The first-order valence-electron chi connectivity index (χ1n) is 10.4. The van der Waals surface area contributed by atoms with Crippen LogP contribution in [0, 0.1) is 19.7 Å². The van der Waals surface area contributed by atoms with Crippen molar-refractivity contribution < 1.29 is 27.1 Å². The van der Waals surface area contributed by atoms with Gasteiger partial charge in [-0.25, -0.2) is 17.6 Å². The minimum absolute atomic E-state index is 0.148. The smallest absolute Gasteiger partial charge is 0.341 e. The molecule has 0 aliphatic carbocycles. The van der Waals surface area contributed by atoms with Gasteiger partial charge >= 0.3 is 5.97 Å². The standard InChI is InChI=1S/C24H25FN2O5S2/c1-5-20(27-34(30,31)17-10-8-16(25)9-11-17)22(28)26-23-21(24(29)32-4)19(13-33-23)18-12-14(2)6-7-15(18)3/h6-13,20,27H,5H2,1-4H3,(H,26,28). The van der Waals surface area contributed by atoms with Crippen molar-refractivity contribution in [3.8, 4) is 11.1 Å². The normalized spacial score (nSPS) is 12.3. The summed E-state index contributed by atoms with van der Waals surface area (Å²) in [6, 6.07) is 9.02. The number of rotatable bonds is 8. The molecular weight excluding hydrogens is 479 g/mol. The monoisotopic (exact) mass is 504 g/mol. The molecule has 1 unspecified atom stereocenters. The summed E-state index contributed by atoms with van der Waals surface area (Å²) < 4.78 is 45.8. The van der Waals surface area contributed by atoms with E-state index in [-0.39, 0.29) is 21.9 Å². The molecule has 3 aromatic rings. The number of ether oxygens (including phenoxy) is 1. The van der Waals surface area contributed by atoms with Crippen molar-refractivity contribution in [3.05, 3.63) is 70.4 Å². The van der Waals surface area contributed by atoms with Crippen molar-refractivity contribution >= 4 is 38.2 Å². The van der Waals surface area contributed by atoms with Gasteiger partial charge in [0, 0.05) is 10.9 Å². The number of methoxy groups -OCH3 is 1. The van der Waals surface area contributed by atoms with Crippen molar-refractivity contribution in [2.75, 3.05) is 12.4 Å². The first kappa shape index (κ1) is 25.5. The second kappa shape index (κ2) is 10.5. The lowest BCUT2D eigenvalue weighted by molar-refractivity contribution is -0.117. The number of hydrogen-bond acceptors (Lipinski definition) is 6. The van der Waals surface area contributed by atoms with E-state index in [9.17, 15) is 22.4 Å². The Bertz CT molecular complexity index is 1320. The number of amides is 1. The molecule has 180 valence electrons. The Balaban J connectivity index is 1.91. The summed E-state index contributed by atoms with van der Waals surface area (Å²) in [5.41, 5.74) is 3.61. The number of esters is 1. The topological polar surface area (TPSA) is 102 Å². The molecule has 3 rings (SSSR count). The fourth-order valence-electron chi connectivity index (χ4n) is 3.37. The molecule has 7 nitrogen and oxygen atoms in total. The van der Waals surface area contributed by atoms with Crippen molar-refractivity contribution in [3.63, 3.8) is 0 Å². The molecule has 0 fully saturated rings. The number of hydrogen-bond donors (Lipinski definition) is 2. The molecule has 2 N–H and O–H groups in total. The SMILES string of the molecule is CCC(NS(=O)(=O)c1ccc(F)cc1)C(=O)Nc1scc(-c2cc(C)ccc2C)c1C(=O)OC. The molecule has 1 aromatic heterocycles. The van der Waals surface area contributed by atoms with Gasteiger partial charge in [0.2, 0.25) is 15.9 Å². The first-order valence-corrected chi connectivity index (χ1v) is 12.8. The lowest BCUT2D eigenvalue weighted by Gasteiger charge is -2.17. The lowest BCUT2D eigenvalue weighted by Crippen LogP contribution is -2.43. The minimum atomic E-state index is -4.07. The molecule has 10 heteroatoms. The van der Waals surface area contributed by atoms with Crippen LogP contribution in [-0.2, 0) is 19.6 Å². The van der Waals surface area contributed by atoms with Gasteiger partial charge in [-0.05, 0) is 55.7 Å². The van der Waals surface area contributed by atoms with Crippen LogP contribution >= 0.6 is 11.3 Å². The quantitative estimate of drug-likeness (QED) is 0.435. The van der Waals surface area contributed by atoms with Gasteiger partial charge < -0.3 is 10.1 Å². The van der Waals surface area contributed by atoms with Crippen LogP contribution in [0.3, 0.4) is 0 Å². The second-order valence-electron chi connectivity index (χ2n) is 7.69. The summed E-state index contributed by atoms with van der Waals surface area (Å²) in [6.07, 6.45) is 0.148. The van der Waals surface area contributed by atoms with E-state index in [2.05, 4.69) is 10.0 Å². The van der Waals surface area contributed by atoms with Crippen LogP contribution < -0.4 is 10.0 Å². The number of aryl methyl sites for hydroxylation is 2. The molecule has 0 bridgehead atoms. The van der Waals surface area contributed by atoms with Gasteiger partial charge in [0.05, 0.1) is 12.0 Å². The minimum Gasteiger partial charge on any atom is -0.465 e. The van der Waals surface area contributed by atoms with Crippen molar-refractivity contribution in [2.45, 2.75) is 38.1 Å². The summed E-state index contributed by atoms with van der Waals surface area (Å²) in [7, 11) is -2.82. The van der Waals surface area contributed by atoms with Gasteiger partial charge in [0.15, 0.2) is 0 Å². The molecule has 0 aliphatic heterocycles. The summed E-state index contributed by atoms with van der Waals surface area (Å²) >= 11 is 1.15. The van der Waals surface area contributed by atoms with Gasteiger partial charge in [-0.3, -0.25) is 4.79 Å². The van der Waals surface area contributed by atoms with Crippen LogP contribution in [0.5, 0.6) is 0 Å². The number of sulfonamides is 1. The van der Waals surface area contributed by atoms with Crippen LogP contribution in [0.1, 0.15) is 34.8 Å². The lowest BCUT2D eigenvalue weighted by atomic mass is 9.97. The van der Waals surface area contributed by atoms with E-state index in [1.807, 2.05) is 32.0 Å². The number of nitrogens with one attached hydrogen (secondary N) is 2. The van der Waals surface area contributed by atoms with Crippen LogP contribution in [-0.4, -0.2) is 33.4 Å². The highest BCUT2D eigenvalue weighted by Gasteiger charge is 2.28. The van der Waals surface area contributed by atoms with E-state index in [4.69, 9.17) is 4.74 Å². The van der Waals surface area contributed by atoms with Gasteiger partial charge in [-0.15, -0.1) is 11.3 Å². The van der Waals surface area contributed by atoms with Crippen LogP contribution in [0.4, 0.5) is 9.39 Å². The molecule has 1 atom stereocenters. The average Bonchev–Trinajstić information content (AvgIpc) is 3.21. The van der Waals surface area contributed by atoms with Crippen molar-refractivity contribution in [2.24, 2.45) is 0 Å². The number of carbonyl (C=O) groups excluding carboxylic acids is 2. The number of thiophene rings is 1. The third-order valence-electron chi connectivity index (χ3n) is 5.25. The van der Waals surface area contributed by atoms with Crippen molar-refractivity contribution in [1.82, 2.24) is 4.72 Å². The number of anilines is 1. The predicted molar refractivity (Wildman–Crippen MR) is 130 cm³/mol. The Labute approximate surface area is 202 Å². The summed E-state index contributed by atoms with van der Waals surface area (Å²) in [5.74, 6) is -1.82. The highest BCUT2D eigenvalue weighted by atomic mass is 32.2. The third kappa shape index (κ3) is 5.52. The van der Waals surface area contributed by atoms with Crippen LogP contribution in [0.2, 0.25) is 0 Å². The fourth-order valence-corrected chi connectivity index (χ4v) is 5.60. The maximum absolute atomic E-state index is 13.2. The molecule has 2 aromatic carbocycles. The number of halogens is 1. The molecule has 0 saturated carbocycles. The Morgan fingerprint density at radius 3 is 2.38 bits per heavy atom. The van der Waals surface area contributed by atoms with E-state index >= 15 is 0 Å². The third-order valence-corrected chi connectivity index (χ3v) is 7.63. The Hall–Kier alpha value is -3.08. The number of carbonyl (C=O) groups is 2.